The summed E-state index contributed by atoms with van der Waals surface area (Å²) in [5.41, 5.74) is 1.73. The molecule has 1 N–H and O–H groups in total. The van der Waals surface area contributed by atoms with Gasteiger partial charge in [-0.2, -0.15) is 0 Å². The fourth-order valence-corrected chi connectivity index (χ4v) is 1.79. The zero-order valence-corrected chi connectivity index (χ0v) is 10.9. The highest BCUT2D eigenvalue weighted by atomic mass is 16.5. The highest BCUT2D eigenvalue weighted by Crippen LogP contribution is 2.18. The van der Waals surface area contributed by atoms with Crippen molar-refractivity contribution in [2.45, 2.75) is 26.8 Å². The monoisotopic (exact) mass is 246 g/mol. The molecular formula is C14H18N2O2. The van der Waals surface area contributed by atoms with E-state index in [2.05, 4.69) is 24.2 Å². The van der Waals surface area contributed by atoms with Crippen LogP contribution in [0.25, 0.3) is 0 Å². The third kappa shape index (κ3) is 2.88. The molecule has 0 saturated heterocycles. The number of ether oxygens (including phenoxy) is 1. The predicted octanol–water partition coefficient (Wildman–Crippen LogP) is 2.45. The van der Waals surface area contributed by atoms with Crippen LogP contribution >= 0.6 is 0 Å². The molecule has 1 atom stereocenters. The Morgan fingerprint density at radius 3 is 2.56 bits per heavy atom. The van der Waals surface area contributed by atoms with Crippen LogP contribution in [-0.2, 0) is 9.53 Å². The summed E-state index contributed by atoms with van der Waals surface area (Å²) in [6.45, 7) is 6.42. The van der Waals surface area contributed by atoms with Gasteiger partial charge in [0, 0.05) is 18.2 Å². The largest absolute Gasteiger partial charge is 0.475 e. The summed E-state index contributed by atoms with van der Waals surface area (Å²) in [4.78, 5) is 15.5. The number of aliphatic imine (C=N–C) groups is 1. The Morgan fingerprint density at radius 2 is 2.06 bits per heavy atom. The second kappa shape index (κ2) is 5.21. The van der Waals surface area contributed by atoms with E-state index >= 15 is 0 Å². The summed E-state index contributed by atoms with van der Waals surface area (Å²) in [6.07, 6.45) is 0. The van der Waals surface area contributed by atoms with Gasteiger partial charge in [0.2, 0.25) is 11.8 Å². The Labute approximate surface area is 107 Å². The summed E-state index contributed by atoms with van der Waals surface area (Å²) in [5.74, 6) is 1.11. The van der Waals surface area contributed by atoms with Crippen molar-refractivity contribution in [3.63, 3.8) is 0 Å². The molecule has 0 bridgehead atoms. The predicted molar refractivity (Wildman–Crippen MR) is 71.9 cm³/mol. The molecule has 1 aromatic rings. The number of nitrogens with zero attached hydrogens (tertiary/aromatic N) is 1. The van der Waals surface area contributed by atoms with E-state index in [1.807, 2.05) is 24.3 Å². The zero-order valence-electron chi connectivity index (χ0n) is 10.9. The number of hydrogen-bond donors (Lipinski definition) is 1. The van der Waals surface area contributed by atoms with Crippen LogP contribution in [0.4, 0.5) is 5.69 Å². The highest BCUT2D eigenvalue weighted by Gasteiger charge is 2.22. The van der Waals surface area contributed by atoms with E-state index in [-0.39, 0.29) is 11.9 Å². The summed E-state index contributed by atoms with van der Waals surface area (Å²) >= 11 is 0. The lowest BCUT2D eigenvalue weighted by Gasteiger charge is -2.06. The molecule has 1 aliphatic rings. The molecule has 4 nitrogen and oxygen atoms in total. The van der Waals surface area contributed by atoms with Crippen LogP contribution in [0.3, 0.4) is 0 Å². The maximum absolute atomic E-state index is 10.9. The fraction of sp³-hybridized carbons (Fsp3) is 0.429. The molecule has 18 heavy (non-hydrogen) atoms. The second-order valence-electron chi connectivity index (χ2n) is 4.82. The number of amides is 1. The van der Waals surface area contributed by atoms with Gasteiger partial charge in [-0.3, -0.25) is 4.79 Å². The van der Waals surface area contributed by atoms with Crippen molar-refractivity contribution in [1.82, 2.24) is 0 Å². The van der Waals surface area contributed by atoms with E-state index < -0.39 is 0 Å². The van der Waals surface area contributed by atoms with Gasteiger partial charge in [0.15, 0.2) is 0 Å². The van der Waals surface area contributed by atoms with Crippen molar-refractivity contribution in [2.24, 2.45) is 10.9 Å². The smallest absolute Gasteiger partial charge is 0.221 e. The molecule has 0 aromatic heterocycles. The number of nitrogens with one attached hydrogen (secondary N) is 1. The maximum Gasteiger partial charge on any atom is 0.221 e. The molecule has 0 aliphatic carbocycles. The van der Waals surface area contributed by atoms with Crippen molar-refractivity contribution >= 4 is 17.5 Å². The molecule has 96 valence electrons. The van der Waals surface area contributed by atoms with Crippen LogP contribution in [0.5, 0.6) is 0 Å². The average molecular weight is 246 g/mol. The van der Waals surface area contributed by atoms with Gasteiger partial charge in [-0.1, -0.05) is 13.8 Å². The van der Waals surface area contributed by atoms with Gasteiger partial charge in [-0.15, -0.1) is 0 Å². The van der Waals surface area contributed by atoms with Crippen LogP contribution in [-0.4, -0.2) is 24.5 Å². The molecule has 0 radical (unpaired) electrons. The Balaban J connectivity index is 2.11. The number of carbonyl (C=O) groups is 1. The first-order valence-corrected chi connectivity index (χ1v) is 6.15. The average Bonchev–Trinajstić information content (AvgIpc) is 2.78. The van der Waals surface area contributed by atoms with Crippen molar-refractivity contribution in [3.05, 3.63) is 29.8 Å². The lowest BCUT2D eigenvalue weighted by molar-refractivity contribution is -0.114. The number of rotatable bonds is 3. The van der Waals surface area contributed by atoms with Gasteiger partial charge < -0.3 is 10.1 Å². The Bertz CT molecular complexity index is 463. The quantitative estimate of drug-likeness (QED) is 0.890. The van der Waals surface area contributed by atoms with Crippen molar-refractivity contribution in [1.29, 1.82) is 0 Å². The van der Waals surface area contributed by atoms with Crippen LogP contribution in [0, 0.1) is 5.92 Å². The van der Waals surface area contributed by atoms with Crippen LogP contribution in [0.15, 0.2) is 29.3 Å². The van der Waals surface area contributed by atoms with Crippen LogP contribution in [0.1, 0.15) is 26.3 Å². The van der Waals surface area contributed by atoms with Gasteiger partial charge in [0.25, 0.3) is 0 Å². The summed E-state index contributed by atoms with van der Waals surface area (Å²) in [5, 5.41) is 2.73. The number of benzene rings is 1. The Morgan fingerprint density at radius 1 is 1.39 bits per heavy atom. The van der Waals surface area contributed by atoms with E-state index in [1.165, 1.54) is 6.92 Å². The van der Waals surface area contributed by atoms with E-state index in [1.54, 1.807) is 0 Å². The Kier molecular flexibility index (Phi) is 3.65. The number of carbonyl (C=O) groups excluding carboxylic acids is 1. The van der Waals surface area contributed by atoms with Gasteiger partial charge in [0.1, 0.15) is 6.61 Å². The summed E-state index contributed by atoms with van der Waals surface area (Å²) in [7, 11) is 0. The molecule has 2 rings (SSSR count). The standard InChI is InChI=1S/C14H18N2O2/c1-9(2)13-8-18-14(16-13)11-4-6-12(7-5-11)15-10(3)17/h4-7,9,13H,8H2,1-3H3,(H,15,17)/t13-/m0/s1. The molecule has 1 aromatic carbocycles. The molecular weight excluding hydrogens is 228 g/mol. The van der Waals surface area contributed by atoms with E-state index in [9.17, 15) is 4.79 Å². The molecule has 1 aliphatic heterocycles. The second-order valence-corrected chi connectivity index (χ2v) is 4.82. The topological polar surface area (TPSA) is 50.7 Å². The highest BCUT2D eigenvalue weighted by molar-refractivity contribution is 5.96. The van der Waals surface area contributed by atoms with E-state index in [4.69, 9.17) is 4.74 Å². The normalized spacial score (nSPS) is 18.4. The van der Waals surface area contributed by atoms with Gasteiger partial charge >= 0.3 is 0 Å². The van der Waals surface area contributed by atoms with Gasteiger partial charge in [-0.25, -0.2) is 4.99 Å². The maximum atomic E-state index is 10.9. The molecule has 4 heteroatoms. The molecule has 0 saturated carbocycles. The first kappa shape index (κ1) is 12.6. The minimum atomic E-state index is -0.0721. The zero-order chi connectivity index (χ0) is 13.1. The first-order valence-electron chi connectivity index (χ1n) is 6.15. The van der Waals surface area contributed by atoms with Crippen molar-refractivity contribution in [3.8, 4) is 0 Å². The molecule has 1 heterocycles. The third-order valence-electron chi connectivity index (χ3n) is 2.90. The number of anilines is 1. The van der Waals surface area contributed by atoms with Crippen molar-refractivity contribution < 1.29 is 9.53 Å². The number of hydrogen-bond acceptors (Lipinski definition) is 3. The van der Waals surface area contributed by atoms with Crippen molar-refractivity contribution in [2.75, 3.05) is 11.9 Å². The SMILES string of the molecule is CC(=O)Nc1ccc(C2=N[C@H](C(C)C)CO2)cc1. The minimum Gasteiger partial charge on any atom is -0.475 e. The summed E-state index contributed by atoms with van der Waals surface area (Å²) in [6, 6.07) is 7.77. The summed E-state index contributed by atoms with van der Waals surface area (Å²) < 4.78 is 5.60. The molecule has 1 amide bonds. The molecule has 0 fully saturated rings. The van der Waals surface area contributed by atoms with Crippen LogP contribution < -0.4 is 5.32 Å². The molecule has 0 unspecified atom stereocenters. The van der Waals surface area contributed by atoms with Gasteiger partial charge in [0.05, 0.1) is 6.04 Å². The molecule has 0 spiro atoms. The first-order chi connectivity index (χ1) is 8.56. The lowest BCUT2D eigenvalue weighted by Crippen LogP contribution is -2.13. The van der Waals surface area contributed by atoms with Crippen LogP contribution in [0.2, 0.25) is 0 Å². The van der Waals surface area contributed by atoms with E-state index in [0.717, 1.165) is 11.3 Å². The minimum absolute atomic E-state index is 0.0721. The van der Waals surface area contributed by atoms with Gasteiger partial charge in [-0.05, 0) is 30.2 Å². The fourth-order valence-electron chi connectivity index (χ4n) is 1.79. The lowest BCUT2D eigenvalue weighted by atomic mass is 10.1. The van der Waals surface area contributed by atoms with E-state index in [0.29, 0.717) is 18.4 Å². The Hall–Kier alpha value is -1.84. The third-order valence-corrected chi connectivity index (χ3v) is 2.90.